The lowest BCUT2D eigenvalue weighted by Crippen LogP contribution is -2.45. The molecule has 0 radical (unpaired) electrons. The highest BCUT2D eigenvalue weighted by Crippen LogP contribution is 2.35. The number of halogens is 3. The normalized spacial score (nSPS) is 16.7. The number of hydrogen-bond donors (Lipinski definition) is 2. The Bertz CT molecular complexity index is 986. The van der Waals surface area contributed by atoms with Gasteiger partial charge in [-0.1, -0.05) is 6.07 Å². The Morgan fingerprint density at radius 2 is 1.87 bits per heavy atom. The molecular weight excluding hydrogens is 397 g/mol. The number of hydrogen-bond acceptors (Lipinski definition) is 3. The van der Waals surface area contributed by atoms with E-state index in [1.807, 2.05) is 26.8 Å². The van der Waals surface area contributed by atoms with E-state index in [4.69, 9.17) is 4.74 Å². The van der Waals surface area contributed by atoms with Crippen molar-refractivity contribution < 1.29 is 27.5 Å². The summed E-state index contributed by atoms with van der Waals surface area (Å²) in [5.41, 5.74) is 1.55. The summed E-state index contributed by atoms with van der Waals surface area (Å²) in [5.74, 6) is -0.428. The first-order chi connectivity index (χ1) is 14.0. The number of amides is 2. The second-order valence-electron chi connectivity index (χ2n) is 7.53. The molecule has 1 unspecified atom stereocenters. The third kappa shape index (κ3) is 4.93. The minimum absolute atomic E-state index is 0.0221. The maximum atomic E-state index is 13.2. The average molecular weight is 420 g/mol. The summed E-state index contributed by atoms with van der Waals surface area (Å²) in [5, 5.41) is 5.31. The minimum atomic E-state index is -4.60. The summed E-state index contributed by atoms with van der Waals surface area (Å²) in [6.45, 7) is 6.03. The van der Waals surface area contributed by atoms with Crippen LogP contribution in [-0.2, 0) is 11.0 Å². The van der Waals surface area contributed by atoms with E-state index in [0.717, 1.165) is 34.9 Å². The lowest BCUT2D eigenvalue weighted by atomic mass is 10.0. The van der Waals surface area contributed by atoms with Crippen LogP contribution in [0.1, 0.15) is 45.5 Å². The Hall–Kier alpha value is -3.03. The molecule has 0 aliphatic carbocycles. The first-order valence-corrected chi connectivity index (χ1v) is 9.59. The van der Waals surface area contributed by atoms with Gasteiger partial charge in [0, 0.05) is 19.0 Å². The van der Waals surface area contributed by atoms with Crippen molar-refractivity contribution in [1.29, 1.82) is 0 Å². The smallest absolute Gasteiger partial charge is 0.416 e. The van der Waals surface area contributed by atoms with Gasteiger partial charge in [-0.25, -0.2) is 0 Å². The molecule has 160 valence electrons. The molecule has 0 saturated carbocycles. The summed E-state index contributed by atoms with van der Waals surface area (Å²) in [4.78, 5) is 24.4. The van der Waals surface area contributed by atoms with E-state index in [0.29, 0.717) is 18.7 Å². The zero-order valence-corrected chi connectivity index (χ0v) is 16.9. The Kier molecular flexibility index (Phi) is 6.05. The molecule has 0 bridgehead atoms. The van der Waals surface area contributed by atoms with Crippen molar-refractivity contribution in [2.75, 3.05) is 6.54 Å². The van der Waals surface area contributed by atoms with Gasteiger partial charge in [-0.3, -0.25) is 9.59 Å². The van der Waals surface area contributed by atoms with Crippen LogP contribution in [0.3, 0.4) is 0 Å². The molecule has 1 saturated heterocycles. The second kappa shape index (κ2) is 8.38. The van der Waals surface area contributed by atoms with Crippen LogP contribution in [-0.4, -0.2) is 24.4 Å². The lowest BCUT2D eigenvalue weighted by molar-refractivity contribution is -0.137. The maximum absolute atomic E-state index is 13.2. The molecule has 1 aliphatic heterocycles. The predicted molar refractivity (Wildman–Crippen MR) is 106 cm³/mol. The molecule has 8 heteroatoms. The Morgan fingerprint density at radius 1 is 1.13 bits per heavy atom. The van der Waals surface area contributed by atoms with Crippen molar-refractivity contribution >= 4 is 11.8 Å². The third-order valence-electron chi connectivity index (χ3n) is 5.12. The SMILES string of the molecule is Cc1cc(C)c(C)c(Oc2ccc(C(F)(F)F)cc2C(=O)NC2CCNC(=O)C2)c1. The van der Waals surface area contributed by atoms with Crippen LogP contribution in [0.15, 0.2) is 30.3 Å². The molecular formula is C22H23F3N2O3. The topological polar surface area (TPSA) is 67.4 Å². The van der Waals surface area contributed by atoms with E-state index in [9.17, 15) is 22.8 Å². The predicted octanol–water partition coefficient (Wildman–Crippen LogP) is 4.43. The van der Waals surface area contributed by atoms with Crippen molar-refractivity contribution in [3.8, 4) is 11.5 Å². The van der Waals surface area contributed by atoms with Crippen molar-refractivity contribution in [1.82, 2.24) is 10.6 Å². The highest BCUT2D eigenvalue weighted by Gasteiger charge is 2.33. The van der Waals surface area contributed by atoms with E-state index in [1.54, 1.807) is 6.07 Å². The molecule has 0 aromatic heterocycles. The van der Waals surface area contributed by atoms with Crippen LogP contribution in [0.2, 0.25) is 0 Å². The Labute approximate surface area is 172 Å². The van der Waals surface area contributed by atoms with Crippen LogP contribution in [0, 0.1) is 20.8 Å². The van der Waals surface area contributed by atoms with E-state index in [-0.39, 0.29) is 23.6 Å². The summed E-state index contributed by atoms with van der Waals surface area (Å²) >= 11 is 0. The highest BCUT2D eigenvalue weighted by atomic mass is 19.4. The van der Waals surface area contributed by atoms with Crippen LogP contribution in [0.4, 0.5) is 13.2 Å². The van der Waals surface area contributed by atoms with E-state index < -0.39 is 23.7 Å². The van der Waals surface area contributed by atoms with Crippen molar-refractivity contribution in [2.45, 2.75) is 45.8 Å². The largest absolute Gasteiger partial charge is 0.456 e. The number of piperidine rings is 1. The zero-order valence-electron chi connectivity index (χ0n) is 16.9. The van der Waals surface area contributed by atoms with Crippen LogP contribution < -0.4 is 15.4 Å². The zero-order chi connectivity index (χ0) is 22.1. The second-order valence-corrected chi connectivity index (χ2v) is 7.53. The molecule has 1 aliphatic rings. The maximum Gasteiger partial charge on any atom is 0.416 e. The molecule has 1 atom stereocenters. The fraction of sp³-hybridized carbons (Fsp3) is 0.364. The minimum Gasteiger partial charge on any atom is -0.456 e. The lowest BCUT2D eigenvalue weighted by Gasteiger charge is -2.24. The van der Waals surface area contributed by atoms with Gasteiger partial charge in [-0.2, -0.15) is 13.2 Å². The number of rotatable bonds is 4. The number of nitrogens with one attached hydrogen (secondary N) is 2. The Morgan fingerprint density at radius 3 is 2.53 bits per heavy atom. The molecule has 30 heavy (non-hydrogen) atoms. The molecule has 5 nitrogen and oxygen atoms in total. The molecule has 1 fully saturated rings. The molecule has 2 aromatic carbocycles. The van der Waals surface area contributed by atoms with Gasteiger partial charge in [-0.05, 0) is 68.1 Å². The van der Waals surface area contributed by atoms with Gasteiger partial charge in [0.2, 0.25) is 5.91 Å². The van der Waals surface area contributed by atoms with Crippen molar-refractivity contribution in [2.24, 2.45) is 0 Å². The fourth-order valence-electron chi connectivity index (χ4n) is 3.37. The summed E-state index contributed by atoms with van der Waals surface area (Å²) < 4.78 is 45.6. The number of ether oxygens (including phenoxy) is 1. The van der Waals surface area contributed by atoms with Gasteiger partial charge in [0.15, 0.2) is 0 Å². The summed E-state index contributed by atoms with van der Waals surface area (Å²) in [6.07, 6.45) is -4.02. The molecule has 2 N–H and O–H groups in total. The van der Waals surface area contributed by atoms with Gasteiger partial charge in [-0.15, -0.1) is 0 Å². The van der Waals surface area contributed by atoms with Gasteiger partial charge < -0.3 is 15.4 Å². The van der Waals surface area contributed by atoms with E-state index >= 15 is 0 Å². The quantitative estimate of drug-likeness (QED) is 0.769. The third-order valence-corrected chi connectivity index (χ3v) is 5.12. The fourth-order valence-corrected chi connectivity index (χ4v) is 3.37. The molecule has 2 amide bonds. The number of alkyl halides is 3. The van der Waals surface area contributed by atoms with E-state index in [1.165, 1.54) is 0 Å². The van der Waals surface area contributed by atoms with E-state index in [2.05, 4.69) is 10.6 Å². The average Bonchev–Trinajstić information content (AvgIpc) is 2.65. The van der Waals surface area contributed by atoms with Gasteiger partial charge in [0.1, 0.15) is 11.5 Å². The molecule has 1 heterocycles. The molecule has 0 spiro atoms. The van der Waals surface area contributed by atoms with Gasteiger partial charge in [0.05, 0.1) is 11.1 Å². The molecule has 3 rings (SSSR count). The highest BCUT2D eigenvalue weighted by molar-refractivity contribution is 5.97. The van der Waals surface area contributed by atoms with Crippen molar-refractivity contribution in [3.63, 3.8) is 0 Å². The Balaban J connectivity index is 1.96. The summed E-state index contributed by atoms with van der Waals surface area (Å²) in [6, 6.07) is 6.12. The van der Waals surface area contributed by atoms with Crippen LogP contribution >= 0.6 is 0 Å². The van der Waals surface area contributed by atoms with Gasteiger partial charge >= 0.3 is 6.18 Å². The van der Waals surface area contributed by atoms with Gasteiger partial charge in [0.25, 0.3) is 5.91 Å². The number of carbonyl (C=O) groups is 2. The number of carbonyl (C=O) groups excluding carboxylic acids is 2. The standard InChI is InChI=1S/C22H23F3N2O3/c1-12-8-13(2)14(3)19(9-12)30-18-5-4-15(22(23,24)25)10-17(18)21(29)27-16-6-7-26-20(28)11-16/h4-5,8-10,16H,6-7,11H2,1-3H3,(H,26,28)(H,27,29). The monoisotopic (exact) mass is 420 g/mol. The first-order valence-electron chi connectivity index (χ1n) is 9.59. The number of aryl methyl sites for hydroxylation is 2. The number of benzene rings is 2. The van der Waals surface area contributed by atoms with Crippen LogP contribution in [0.5, 0.6) is 11.5 Å². The van der Waals surface area contributed by atoms with Crippen LogP contribution in [0.25, 0.3) is 0 Å². The molecule has 2 aromatic rings. The first kappa shape index (κ1) is 21.7. The summed E-state index contributed by atoms with van der Waals surface area (Å²) in [7, 11) is 0. The van der Waals surface area contributed by atoms with Crippen molar-refractivity contribution in [3.05, 3.63) is 58.1 Å².